The van der Waals surface area contributed by atoms with Crippen LogP contribution in [0.3, 0.4) is 0 Å². The summed E-state index contributed by atoms with van der Waals surface area (Å²) in [5.41, 5.74) is 7.38. The monoisotopic (exact) mass is 244 g/mol. The molecule has 0 amide bonds. The van der Waals surface area contributed by atoms with E-state index in [1.54, 1.807) is 12.3 Å². The van der Waals surface area contributed by atoms with Gasteiger partial charge in [-0.05, 0) is 36.4 Å². The molecule has 0 bridgehead atoms. The number of hydrogen-bond acceptors (Lipinski definition) is 3. The summed E-state index contributed by atoms with van der Waals surface area (Å²) in [7, 11) is 0. The van der Waals surface area contributed by atoms with E-state index < -0.39 is 0 Å². The molecule has 2 aromatic heterocycles. The second-order valence-electron chi connectivity index (χ2n) is 3.73. The zero-order valence-electron chi connectivity index (χ0n) is 8.85. The fraction of sp³-hybridized carbons (Fsp3) is 0. The van der Waals surface area contributed by atoms with Crippen LogP contribution >= 0.6 is 11.6 Å². The first-order valence-corrected chi connectivity index (χ1v) is 5.52. The zero-order chi connectivity index (χ0) is 11.8. The molecule has 0 unspecified atom stereocenters. The van der Waals surface area contributed by atoms with E-state index in [9.17, 15) is 0 Å². The smallest absolute Gasteiger partial charge is 0.139 e. The topological polar surface area (TPSA) is 52.0 Å². The number of anilines is 1. The average Bonchev–Trinajstić information content (AvgIpc) is 2.72. The number of pyridine rings is 1. The van der Waals surface area contributed by atoms with Gasteiger partial charge in [0.05, 0.1) is 5.56 Å². The SMILES string of the molecule is Nc1ncccc1-c1cc2cc(Cl)ccc2o1. The highest BCUT2D eigenvalue weighted by Crippen LogP contribution is 2.31. The summed E-state index contributed by atoms with van der Waals surface area (Å²) in [5, 5.41) is 1.64. The third-order valence-corrected chi connectivity index (χ3v) is 2.82. The Morgan fingerprint density at radius 1 is 1.18 bits per heavy atom. The van der Waals surface area contributed by atoms with Crippen molar-refractivity contribution in [3.63, 3.8) is 0 Å². The van der Waals surface area contributed by atoms with Crippen LogP contribution < -0.4 is 5.73 Å². The van der Waals surface area contributed by atoms with Crippen molar-refractivity contribution in [3.05, 3.63) is 47.6 Å². The summed E-state index contributed by atoms with van der Waals surface area (Å²) < 4.78 is 5.71. The van der Waals surface area contributed by atoms with Gasteiger partial charge in [-0.2, -0.15) is 0 Å². The molecule has 3 rings (SSSR count). The molecule has 17 heavy (non-hydrogen) atoms. The maximum atomic E-state index is 5.93. The van der Waals surface area contributed by atoms with Crippen LogP contribution in [0.1, 0.15) is 0 Å². The second-order valence-corrected chi connectivity index (χ2v) is 4.17. The van der Waals surface area contributed by atoms with E-state index >= 15 is 0 Å². The van der Waals surface area contributed by atoms with E-state index in [0.717, 1.165) is 16.5 Å². The van der Waals surface area contributed by atoms with Gasteiger partial charge in [0.25, 0.3) is 0 Å². The average molecular weight is 245 g/mol. The fourth-order valence-electron chi connectivity index (χ4n) is 1.77. The van der Waals surface area contributed by atoms with E-state index in [4.69, 9.17) is 21.8 Å². The quantitative estimate of drug-likeness (QED) is 0.710. The lowest BCUT2D eigenvalue weighted by Gasteiger charge is -1.98. The van der Waals surface area contributed by atoms with Gasteiger partial charge in [-0.3, -0.25) is 0 Å². The number of nitrogen functional groups attached to an aromatic ring is 1. The number of benzene rings is 1. The van der Waals surface area contributed by atoms with Crippen molar-refractivity contribution >= 4 is 28.4 Å². The van der Waals surface area contributed by atoms with Crippen molar-refractivity contribution in [1.82, 2.24) is 4.98 Å². The number of nitrogens with zero attached hydrogens (tertiary/aromatic N) is 1. The molecule has 0 aliphatic carbocycles. The molecule has 0 fully saturated rings. The van der Waals surface area contributed by atoms with E-state index in [-0.39, 0.29) is 0 Å². The maximum absolute atomic E-state index is 5.93. The molecule has 0 aliphatic heterocycles. The van der Waals surface area contributed by atoms with Gasteiger partial charge < -0.3 is 10.2 Å². The first-order valence-electron chi connectivity index (χ1n) is 5.14. The van der Waals surface area contributed by atoms with Gasteiger partial charge >= 0.3 is 0 Å². The van der Waals surface area contributed by atoms with E-state index in [1.165, 1.54) is 0 Å². The normalized spacial score (nSPS) is 10.9. The van der Waals surface area contributed by atoms with Crippen molar-refractivity contribution in [3.8, 4) is 11.3 Å². The predicted octanol–water partition coefficient (Wildman–Crippen LogP) is 3.73. The zero-order valence-corrected chi connectivity index (χ0v) is 9.61. The summed E-state index contributed by atoms with van der Waals surface area (Å²) in [4.78, 5) is 4.03. The summed E-state index contributed by atoms with van der Waals surface area (Å²) in [5.74, 6) is 1.16. The Bertz CT molecular complexity index is 691. The minimum Gasteiger partial charge on any atom is -0.456 e. The number of fused-ring (bicyclic) bond motifs is 1. The molecule has 0 spiro atoms. The van der Waals surface area contributed by atoms with Crippen molar-refractivity contribution in [2.75, 3.05) is 5.73 Å². The van der Waals surface area contributed by atoms with Crippen molar-refractivity contribution < 1.29 is 4.42 Å². The highest BCUT2D eigenvalue weighted by molar-refractivity contribution is 6.31. The third-order valence-electron chi connectivity index (χ3n) is 2.58. The highest BCUT2D eigenvalue weighted by atomic mass is 35.5. The van der Waals surface area contributed by atoms with Gasteiger partial charge in [-0.15, -0.1) is 0 Å². The minimum atomic E-state index is 0.456. The molecular weight excluding hydrogens is 236 g/mol. The van der Waals surface area contributed by atoms with Crippen LogP contribution in [0.2, 0.25) is 5.02 Å². The summed E-state index contributed by atoms with van der Waals surface area (Å²) >= 11 is 5.93. The van der Waals surface area contributed by atoms with Crippen LogP contribution in [0.5, 0.6) is 0 Å². The Balaban J connectivity index is 2.22. The molecule has 84 valence electrons. The molecule has 0 saturated carbocycles. The van der Waals surface area contributed by atoms with Crippen LogP contribution in [0, 0.1) is 0 Å². The lowest BCUT2D eigenvalue weighted by Crippen LogP contribution is -1.91. The lowest BCUT2D eigenvalue weighted by atomic mass is 10.2. The molecule has 1 aromatic carbocycles. The number of aromatic nitrogens is 1. The molecule has 4 heteroatoms. The Morgan fingerprint density at radius 3 is 2.88 bits per heavy atom. The molecule has 3 aromatic rings. The first-order chi connectivity index (χ1) is 8.24. The molecule has 2 N–H and O–H groups in total. The fourth-order valence-corrected chi connectivity index (χ4v) is 1.95. The molecule has 3 nitrogen and oxygen atoms in total. The van der Waals surface area contributed by atoms with E-state index in [0.29, 0.717) is 16.6 Å². The Hall–Kier alpha value is -2.00. The maximum Gasteiger partial charge on any atom is 0.139 e. The first kappa shape index (κ1) is 10.2. The van der Waals surface area contributed by atoms with Crippen LogP contribution in [0.25, 0.3) is 22.3 Å². The van der Waals surface area contributed by atoms with Gasteiger partial charge in [-0.25, -0.2) is 4.98 Å². The summed E-state index contributed by atoms with van der Waals surface area (Å²) in [6, 6.07) is 11.1. The van der Waals surface area contributed by atoms with Crippen LogP contribution in [-0.2, 0) is 0 Å². The number of hydrogen-bond donors (Lipinski definition) is 1. The molecule has 2 heterocycles. The van der Waals surface area contributed by atoms with Crippen LogP contribution in [0.15, 0.2) is 47.0 Å². The lowest BCUT2D eigenvalue weighted by molar-refractivity contribution is 0.631. The van der Waals surface area contributed by atoms with Crippen LogP contribution in [-0.4, -0.2) is 4.98 Å². The molecule has 0 saturated heterocycles. The van der Waals surface area contributed by atoms with E-state index in [1.807, 2.05) is 30.3 Å². The van der Waals surface area contributed by atoms with Crippen molar-refractivity contribution in [1.29, 1.82) is 0 Å². The number of furan rings is 1. The van der Waals surface area contributed by atoms with Gasteiger partial charge in [0, 0.05) is 16.6 Å². The van der Waals surface area contributed by atoms with Gasteiger partial charge in [-0.1, -0.05) is 11.6 Å². The minimum absolute atomic E-state index is 0.456. The number of rotatable bonds is 1. The molecule has 0 atom stereocenters. The van der Waals surface area contributed by atoms with Gasteiger partial charge in [0.1, 0.15) is 17.2 Å². The number of nitrogens with two attached hydrogens (primary N) is 1. The molecular formula is C13H9ClN2O. The number of halogens is 1. The summed E-state index contributed by atoms with van der Waals surface area (Å²) in [6.45, 7) is 0. The van der Waals surface area contributed by atoms with E-state index in [2.05, 4.69) is 4.98 Å². The van der Waals surface area contributed by atoms with Crippen LogP contribution in [0.4, 0.5) is 5.82 Å². The Labute approximate surface area is 103 Å². The molecule has 0 radical (unpaired) electrons. The van der Waals surface area contributed by atoms with Crippen molar-refractivity contribution in [2.24, 2.45) is 0 Å². The third kappa shape index (κ3) is 1.74. The Kier molecular flexibility index (Phi) is 2.27. The van der Waals surface area contributed by atoms with Crippen molar-refractivity contribution in [2.45, 2.75) is 0 Å². The summed E-state index contributed by atoms with van der Waals surface area (Å²) in [6.07, 6.45) is 1.65. The molecule has 0 aliphatic rings. The van der Waals surface area contributed by atoms with Gasteiger partial charge in [0.2, 0.25) is 0 Å². The largest absolute Gasteiger partial charge is 0.456 e. The Morgan fingerprint density at radius 2 is 2.06 bits per heavy atom. The standard InChI is InChI=1S/C13H9ClN2O/c14-9-3-4-11-8(6-9)7-12(17-11)10-2-1-5-16-13(10)15/h1-7H,(H2,15,16). The predicted molar refractivity (Wildman–Crippen MR) is 68.9 cm³/mol. The highest BCUT2D eigenvalue weighted by Gasteiger charge is 2.09. The second kappa shape index (κ2) is 3.79. The van der Waals surface area contributed by atoms with Gasteiger partial charge in [0.15, 0.2) is 0 Å².